The van der Waals surface area contributed by atoms with Crippen molar-refractivity contribution in [2.45, 2.75) is 39.0 Å². The monoisotopic (exact) mass is 503 g/mol. The molecule has 2 aromatic carbocycles. The van der Waals surface area contributed by atoms with E-state index in [-0.39, 0.29) is 28.7 Å². The lowest BCUT2D eigenvalue weighted by atomic mass is 10.1. The molecular weight excluding hydrogens is 483 g/mol. The Morgan fingerprint density at radius 1 is 1.18 bits per heavy atom. The standard InChI is InChI=1S/C22H21ClF3NO7/c1-3-4-9-32-21(29)13(2)33-12-19(28)16-11-15(6-7-18(16)27(30)31)34-20-8-5-14(10-17(20)23)22(24,25)26/h5-8,10-11,13H,3-4,9,12H2,1-2H3. The number of unbranched alkanes of at least 4 members (excludes halogenated alkanes) is 1. The molecule has 0 spiro atoms. The average Bonchev–Trinajstić information content (AvgIpc) is 2.77. The number of nitrogens with zero attached hydrogens (tertiary/aromatic N) is 1. The van der Waals surface area contributed by atoms with Gasteiger partial charge in [-0.2, -0.15) is 13.2 Å². The predicted molar refractivity (Wildman–Crippen MR) is 115 cm³/mol. The Labute approximate surface area is 197 Å². The zero-order valence-electron chi connectivity index (χ0n) is 18.2. The fraction of sp³-hybridized carbons (Fsp3) is 0.364. The van der Waals surface area contributed by atoms with Gasteiger partial charge < -0.3 is 14.2 Å². The first-order valence-corrected chi connectivity index (χ1v) is 10.5. The molecule has 0 aliphatic carbocycles. The van der Waals surface area contributed by atoms with Gasteiger partial charge in [0, 0.05) is 6.07 Å². The molecule has 0 aliphatic heterocycles. The van der Waals surface area contributed by atoms with Gasteiger partial charge in [0.05, 0.1) is 22.1 Å². The van der Waals surface area contributed by atoms with Crippen molar-refractivity contribution in [1.29, 1.82) is 0 Å². The molecule has 0 radical (unpaired) electrons. The SMILES string of the molecule is CCCCOC(=O)C(C)OCC(=O)c1cc(Oc2ccc(C(F)(F)F)cc2Cl)ccc1[N+](=O)[O-]. The van der Waals surface area contributed by atoms with Crippen molar-refractivity contribution in [2.75, 3.05) is 13.2 Å². The molecule has 0 aliphatic rings. The molecule has 0 amide bonds. The number of benzene rings is 2. The molecule has 0 saturated heterocycles. The van der Waals surface area contributed by atoms with E-state index in [0.717, 1.165) is 36.8 Å². The van der Waals surface area contributed by atoms with Crippen LogP contribution >= 0.6 is 11.6 Å². The van der Waals surface area contributed by atoms with E-state index in [4.69, 9.17) is 25.8 Å². The van der Waals surface area contributed by atoms with Crippen LogP contribution in [-0.4, -0.2) is 36.0 Å². The number of carbonyl (C=O) groups excluding carboxylic acids is 2. The number of rotatable bonds is 11. The van der Waals surface area contributed by atoms with Crippen LogP contribution < -0.4 is 4.74 Å². The number of hydrogen-bond acceptors (Lipinski definition) is 7. The minimum Gasteiger partial charge on any atom is -0.464 e. The minimum atomic E-state index is -4.60. The van der Waals surface area contributed by atoms with E-state index < -0.39 is 46.8 Å². The summed E-state index contributed by atoms with van der Waals surface area (Å²) in [5.41, 5.74) is -1.90. The summed E-state index contributed by atoms with van der Waals surface area (Å²) in [5, 5.41) is 11.0. The highest BCUT2D eigenvalue weighted by molar-refractivity contribution is 6.32. The molecule has 2 aromatic rings. The van der Waals surface area contributed by atoms with Crippen molar-refractivity contribution < 1.29 is 41.9 Å². The zero-order chi connectivity index (χ0) is 25.5. The molecule has 184 valence electrons. The molecule has 0 heterocycles. The predicted octanol–water partition coefficient (Wildman–Crippen LogP) is 5.99. The number of esters is 1. The third-order valence-electron chi connectivity index (χ3n) is 4.49. The molecule has 0 N–H and O–H groups in total. The molecule has 8 nitrogen and oxygen atoms in total. The van der Waals surface area contributed by atoms with E-state index in [9.17, 15) is 32.9 Å². The van der Waals surface area contributed by atoms with E-state index in [1.807, 2.05) is 6.92 Å². The van der Waals surface area contributed by atoms with Crippen LogP contribution in [0.1, 0.15) is 42.6 Å². The number of alkyl halides is 3. The van der Waals surface area contributed by atoms with Crippen molar-refractivity contribution in [3.63, 3.8) is 0 Å². The topological polar surface area (TPSA) is 105 Å². The summed E-state index contributed by atoms with van der Waals surface area (Å²) < 4.78 is 54.0. The zero-order valence-corrected chi connectivity index (χ0v) is 18.9. The van der Waals surface area contributed by atoms with E-state index in [1.165, 1.54) is 6.92 Å². The van der Waals surface area contributed by atoms with Gasteiger partial charge in [0.1, 0.15) is 23.7 Å². The van der Waals surface area contributed by atoms with E-state index in [1.54, 1.807) is 0 Å². The quantitative estimate of drug-likeness (QED) is 0.122. The van der Waals surface area contributed by atoms with Crippen molar-refractivity contribution in [3.05, 3.63) is 62.7 Å². The molecule has 0 aromatic heterocycles. The van der Waals surface area contributed by atoms with Crippen LogP contribution in [0.2, 0.25) is 5.02 Å². The number of ketones is 1. The smallest absolute Gasteiger partial charge is 0.416 e. The summed E-state index contributed by atoms with van der Waals surface area (Å²) in [5.74, 6) is -1.72. The summed E-state index contributed by atoms with van der Waals surface area (Å²) in [6, 6.07) is 5.63. The maximum absolute atomic E-state index is 12.8. The summed E-state index contributed by atoms with van der Waals surface area (Å²) >= 11 is 5.87. The van der Waals surface area contributed by atoms with Crippen LogP contribution in [0.5, 0.6) is 11.5 Å². The number of nitro benzene ring substituents is 1. The summed E-state index contributed by atoms with van der Waals surface area (Å²) in [6.07, 6.45) is -4.19. The van der Waals surface area contributed by atoms with Crippen LogP contribution in [0.4, 0.5) is 18.9 Å². The Kier molecular flexibility index (Phi) is 9.39. The fourth-order valence-electron chi connectivity index (χ4n) is 2.63. The normalized spacial score (nSPS) is 12.2. The Hall–Kier alpha value is -3.18. The van der Waals surface area contributed by atoms with Gasteiger partial charge in [-0.05, 0) is 43.7 Å². The van der Waals surface area contributed by atoms with Gasteiger partial charge in [0.15, 0.2) is 11.9 Å². The summed E-state index contributed by atoms with van der Waals surface area (Å²) in [7, 11) is 0. The van der Waals surface area contributed by atoms with Gasteiger partial charge in [0.25, 0.3) is 5.69 Å². The van der Waals surface area contributed by atoms with Crippen molar-refractivity contribution in [2.24, 2.45) is 0 Å². The molecule has 34 heavy (non-hydrogen) atoms. The van der Waals surface area contributed by atoms with Crippen LogP contribution in [0.3, 0.4) is 0 Å². The fourth-order valence-corrected chi connectivity index (χ4v) is 2.85. The second-order valence-corrected chi connectivity index (χ2v) is 7.49. The van der Waals surface area contributed by atoms with Crippen molar-refractivity contribution >= 4 is 29.0 Å². The maximum Gasteiger partial charge on any atom is 0.416 e. The number of ether oxygens (including phenoxy) is 3. The second-order valence-electron chi connectivity index (χ2n) is 7.08. The van der Waals surface area contributed by atoms with Crippen LogP contribution in [0.15, 0.2) is 36.4 Å². The summed E-state index contributed by atoms with van der Waals surface area (Å²) in [6.45, 7) is 2.84. The highest BCUT2D eigenvalue weighted by Crippen LogP contribution is 2.37. The Balaban J connectivity index is 2.17. The third kappa shape index (κ3) is 7.42. The van der Waals surface area contributed by atoms with E-state index in [2.05, 4.69) is 0 Å². The average molecular weight is 504 g/mol. The molecule has 12 heteroatoms. The van der Waals surface area contributed by atoms with Gasteiger partial charge in [-0.1, -0.05) is 24.9 Å². The number of carbonyl (C=O) groups is 2. The highest BCUT2D eigenvalue weighted by atomic mass is 35.5. The molecule has 1 unspecified atom stereocenters. The Bertz CT molecular complexity index is 1060. The first-order chi connectivity index (χ1) is 15.9. The largest absolute Gasteiger partial charge is 0.464 e. The van der Waals surface area contributed by atoms with Gasteiger partial charge in [-0.15, -0.1) is 0 Å². The first kappa shape index (κ1) is 27.1. The lowest BCUT2D eigenvalue weighted by molar-refractivity contribution is -0.385. The molecular formula is C22H21ClF3NO7. The second kappa shape index (κ2) is 11.8. The van der Waals surface area contributed by atoms with Gasteiger partial charge in [-0.3, -0.25) is 14.9 Å². The van der Waals surface area contributed by atoms with E-state index in [0.29, 0.717) is 12.5 Å². The Morgan fingerprint density at radius 2 is 1.88 bits per heavy atom. The van der Waals surface area contributed by atoms with Crippen LogP contribution in [-0.2, 0) is 20.4 Å². The molecule has 0 bridgehead atoms. The summed E-state index contributed by atoms with van der Waals surface area (Å²) in [4.78, 5) is 35.0. The molecule has 2 rings (SSSR count). The maximum atomic E-state index is 12.8. The van der Waals surface area contributed by atoms with Gasteiger partial charge in [-0.25, -0.2) is 4.79 Å². The lowest BCUT2D eigenvalue weighted by Gasteiger charge is -2.13. The number of nitro groups is 1. The van der Waals surface area contributed by atoms with E-state index >= 15 is 0 Å². The molecule has 1 atom stereocenters. The minimum absolute atomic E-state index is 0.0809. The molecule has 0 fully saturated rings. The highest BCUT2D eigenvalue weighted by Gasteiger charge is 2.31. The lowest BCUT2D eigenvalue weighted by Crippen LogP contribution is -2.26. The third-order valence-corrected chi connectivity index (χ3v) is 4.79. The molecule has 0 saturated carbocycles. The van der Waals surface area contributed by atoms with Crippen molar-refractivity contribution in [1.82, 2.24) is 0 Å². The number of Topliss-reactive ketones (excluding diaryl/α,β-unsaturated/α-hetero) is 1. The number of halogens is 4. The van der Waals surface area contributed by atoms with Crippen LogP contribution in [0.25, 0.3) is 0 Å². The van der Waals surface area contributed by atoms with Crippen LogP contribution in [0, 0.1) is 10.1 Å². The van der Waals surface area contributed by atoms with Gasteiger partial charge in [0.2, 0.25) is 0 Å². The number of hydrogen-bond donors (Lipinski definition) is 0. The Morgan fingerprint density at radius 3 is 2.47 bits per heavy atom. The van der Waals surface area contributed by atoms with Gasteiger partial charge >= 0.3 is 12.1 Å². The first-order valence-electron chi connectivity index (χ1n) is 10.1. The van der Waals surface area contributed by atoms with Crippen molar-refractivity contribution in [3.8, 4) is 11.5 Å².